The Hall–Kier alpha value is -1.06. The van der Waals surface area contributed by atoms with Crippen molar-refractivity contribution in [3.63, 3.8) is 0 Å². The first kappa shape index (κ1) is 16.0. The Labute approximate surface area is 117 Å². The zero-order chi connectivity index (χ0) is 14.1. The quantitative estimate of drug-likeness (QED) is 0.744. The number of ether oxygens (including phenoxy) is 2. The van der Waals surface area contributed by atoms with Crippen molar-refractivity contribution in [2.45, 2.75) is 45.8 Å². The van der Waals surface area contributed by atoms with E-state index in [1.165, 1.54) is 5.56 Å². The van der Waals surface area contributed by atoms with Crippen LogP contribution in [0.2, 0.25) is 0 Å². The molecule has 0 aromatic heterocycles. The fourth-order valence-corrected chi connectivity index (χ4v) is 1.99. The van der Waals surface area contributed by atoms with E-state index in [9.17, 15) is 0 Å². The van der Waals surface area contributed by atoms with Gasteiger partial charge in [-0.3, -0.25) is 0 Å². The molecular weight excluding hydrogens is 238 g/mol. The van der Waals surface area contributed by atoms with Gasteiger partial charge in [-0.25, -0.2) is 0 Å². The van der Waals surface area contributed by atoms with E-state index >= 15 is 0 Å². The average Bonchev–Trinajstić information content (AvgIpc) is 2.44. The number of benzene rings is 1. The third-order valence-corrected chi connectivity index (χ3v) is 3.23. The number of methoxy groups -OCH3 is 1. The number of hydrogen-bond acceptors (Lipinski definition) is 3. The minimum atomic E-state index is 0.286. The molecule has 0 aliphatic heterocycles. The van der Waals surface area contributed by atoms with Crippen LogP contribution in [0.1, 0.15) is 32.8 Å². The van der Waals surface area contributed by atoms with Crippen LogP contribution in [0.3, 0.4) is 0 Å². The maximum absolute atomic E-state index is 5.50. The molecule has 3 heteroatoms. The second-order valence-electron chi connectivity index (χ2n) is 4.96. The molecule has 1 aromatic rings. The molecule has 108 valence electrons. The smallest absolute Gasteiger partial charge is 0.118 e. The van der Waals surface area contributed by atoms with E-state index in [0.717, 1.165) is 31.7 Å². The van der Waals surface area contributed by atoms with Crippen LogP contribution in [0.5, 0.6) is 5.75 Å². The maximum Gasteiger partial charge on any atom is 0.118 e. The number of rotatable bonds is 9. The Morgan fingerprint density at radius 1 is 1.16 bits per heavy atom. The van der Waals surface area contributed by atoms with Crippen LogP contribution in [0.25, 0.3) is 0 Å². The lowest BCUT2D eigenvalue weighted by Crippen LogP contribution is -2.34. The predicted octanol–water partition coefficient (Wildman–Crippen LogP) is 3.03. The number of aryl methyl sites for hydroxylation is 1. The number of hydrogen-bond donors (Lipinski definition) is 1. The zero-order valence-corrected chi connectivity index (χ0v) is 12.6. The summed E-state index contributed by atoms with van der Waals surface area (Å²) in [6, 6.07) is 8.81. The molecule has 0 amide bonds. The Morgan fingerprint density at radius 2 is 1.84 bits per heavy atom. The minimum Gasteiger partial charge on any atom is -0.497 e. The average molecular weight is 265 g/mol. The van der Waals surface area contributed by atoms with Gasteiger partial charge in [-0.05, 0) is 51.3 Å². The highest BCUT2D eigenvalue weighted by Gasteiger charge is 2.05. The molecule has 1 rings (SSSR count). The summed E-state index contributed by atoms with van der Waals surface area (Å²) in [5.41, 5.74) is 1.35. The summed E-state index contributed by atoms with van der Waals surface area (Å²) in [6.07, 6.45) is 2.50. The van der Waals surface area contributed by atoms with Crippen molar-refractivity contribution in [3.8, 4) is 5.75 Å². The standard InChI is InChI=1S/C16H27NO2/c1-5-19-14(3)12-17-13(2)6-7-15-8-10-16(18-4)11-9-15/h8-11,13-14,17H,5-7,12H2,1-4H3. The lowest BCUT2D eigenvalue weighted by Gasteiger charge is -2.17. The van der Waals surface area contributed by atoms with Crippen LogP contribution in [-0.4, -0.2) is 32.4 Å². The normalized spacial score (nSPS) is 14.1. The highest BCUT2D eigenvalue weighted by atomic mass is 16.5. The molecule has 2 atom stereocenters. The predicted molar refractivity (Wildman–Crippen MR) is 79.9 cm³/mol. The van der Waals surface area contributed by atoms with Gasteiger partial charge in [0.05, 0.1) is 13.2 Å². The van der Waals surface area contributed by atoms with Crippen LogP contribution in [0.4, 0.5) is 0 Å². The Balaban J connectivity index is 2.23. The van der Waals surface area contributed by atoms with Crippen molar-refractivity contribution in [2.75, 3.05) is 20.3 Å². The molecule has 1 N–H and O–H groups in total. The minimum absolute atomic E-state index is 0.286. The van der Waals surface area contributed by atoms with Gasteiger partial charge in [-0.1, -0.05) is 12.1 Å². The molecule has 0 saturated carbocycles. The molecule has 0 aliphatic rings. The summed E-state index contributed by atoms with van der Waals surface area (Å²) < 4.78 is 10.7. The van der Waals surface area contributed by atoms with E-state index in [4.69, 9.17) is 9.47 Å². The second kappa shape index (κ2) is 8.94. The van der Waals surface area contributed by atoms with Gasteiger partial charge in [0.1, 0.15) is 5.75 Å². The molecule has 19 heavy (non-hydrogen) atoms. The van der Waals surface area contributed by atoms with E-state index in [0.29, 0.717) is 6.04 Å². The monoisotopic (exact) mass is 265 g/mol. The Morgan fingerprint density at radius 3 is 2.42 bits per heavy atom. The highest BCUT2D eigenvalue weighted by Crippen LogP contribution is 2.13. The van der Waals surface area contributed by atoms with Gasteiger partial charge in [0.2, 0.25) is 0 Å². The van der Waals surface area contributed by atoms with E-state index in [2.05, 4.69) is 31.3 Å². The maximum atomic E-state index is 5.50. The van der Waals surface area contributed by atoms with Crippen molar-refractivity contribution in [1.29, 1.82) is 0 Å². The molecule has 0 radical (unpaired) electrons. The molecule has 1 aromatic carbocycles. The first-order valence-corrected chi connectivity index (χ1v) is 7.13. The molecular formula is C16H27NO2. The highest BCUT2D eigenvalue weighted by molar-refractivity contribution is 5.27. The van der Waals surface area contributed by atoms with Gasteiger partial charge in [-0.2, -0.15) is 0 Å². The summed E-state index contributed by atoms with van der Waals surface area (Å²) in [4.78, 5) is 0. The third-order valence-electron chi connectivity index (χ3n) is 3.23. The lowest BCUT2D eigenvalue weighted by molar-refractivity contribution is 0.0741. The third kappa shape index (κ3) is 6.60. The van der Waals surface area contributed by atoms with Gasteiger partial charge >= 0.3 is 0 Å². The summed E-state index contributed by atoms with van der Waals surface area (Å²) in [5.74, 6) is 0.917. The molecule has 3 nitrogen and oxygen atoms in total. The summed E-state index contributed by atoms with van der Waals surface area (Å²) in [7, 11) is 1.69. The van der Waals surface area contributed by atoms with Gasteiger partial charge in [0.25, 0.3) is 0 Å². The van der Waals surface area contributed by atoms with Crippen molar-refractivity contribution >= 4 is 0 Å². The first-order chi connectivity index (χ1) is 9.15. The second-order valence-corrected chi connectivity index (χ2v) is 4.96. The van der Waals surface area contributed by atoms with E-state index in [-0.39, 0.29) is 6.10 Å². The summed E-state index contributed by atoms with van der Waals surface area (Å²) >= 11 is 0. The van der Waals surface area contributed by atoms with Gasteiger partial charge < -0.3 is 14.8 Å². The van der Waals surface area contributed by atoms with E-state index < -0.39 is 0 Å². The van der Waals surface area contributed by atoms with Gasteiger partial charge in [0.15, 0.2) is 0 Å². The summed E-state index contributed by atoms with van der Waals surface area (Å²) in [5, 5.41) is 3.51. The molecule has 0 aliphatic carbocycles. The van der Waals surface area contributed by atoms with Crippen LogP contribution >= 0.6 is 0 Å². The van der Waals surface area contributed by atoms with Gasteiger partial charge in [0, 0.05) is 19.2 Å². The van der Waals surface area contributed by atoms with Crippen molar-refractivity contribution < 1.29 is 9.47 Å². The Kier molecular flexibility index (Phi) is 7.53. The SMILES string of the molecule is CCOC(C)CNC(C)CCc1ccc(OC)cc1. The molecule has 2 unspecified atom stereocenters. The fourth-order valence-electron chi connectivity index (χ4n) is 1.99. The Bertz CT molecular complexity index is 337. The fraction of sp³-hybridized carbons (Fsp3) is 0.625. The van der Waals surface area contributed by atoms with Crippen molar-refractivity contribution in [3.05, 3.63) is 29.8 Å². The molecule has 0 saturated heterocycles. The topological polar surface area (TPSA) is 30.5 Å². The molecule has 0 heterocycles. The molecule has 0 spiro atoms. The van der Waals surface area contributed by atoms with Crippen LogP contribution in [0, 0.1) is 0 Å². The van der Waals surface area contributed by atoms with Gasteiger partial charge in [-0.15, -0.1) is 0 Å². The van der Waals surface area contributed by atoms with E-state index in [1.54, 1.807) is 7.11 Å². The lowest BCUT2D eigenvalue weighted by atomic mass is 10.1. The van der Waals surface area contributed by atoms with Crippen LogP contribution in [-0.2, 0) is 11.2 Å². The van der Waals surface area contributed by atoms with E-state index in [1.807, 2.05) is 19.1 Å². The number of nitrogens with one attached hydrogen (secondary N) is 1. The van der Waals surface area contributed by atoms with Crippen LogP contribution in [0.15, 0.2) is 24.3 Å². The molecule has 0 bridgehead atoms. The largest absolute Gasteiger partial charge is 0.497 e. The van der Waals surface area contributed by atoms with Crippen molar-refractivity contribution in [2.24, 2.45) is 0 Å². The molecule has 0 fully saturated rings. The first-order valence-electron chi connectivity index (χ1n) is 7.13. The van der Waals surface area contributed by atoms with Crippen LogP contribution < -0.4 is 10.1 Å². The summed E-state index contributed by atoms with van der Waals surface area (Å²) in [6.45, 7) is 8.05. The zero-order valence-electron chi connectivity index (χ0n) is 12.6. The van der Waals surface area contributed by atoms with Crippen molar-refractivity contribution in [1.82, 2.24) is 5.32 Å².